The molecule has 0 aliphatic heterocycles. The monoisotopic (exact) mass is 485 g/mol. The van der Waals surface area contributed by atoms with E-state index < -0.39 is 46.2 Å². The van der Waals surface area contributed by atoms with E-state index >= 15 is 0 Å². The van der Waals surface area contributed by atoms with Gasteiger partial charge in [0.15, 0.2) is 0 Å². The van der Waals surface area contributed by atoms with Gasteiger partial charge >= 0.3 is 6.18 Å². The molecular formula is C22H26F3N3O4S. The van der Waals surface area contributed by atoms with Crippen LogP contribution in [0.3, 0.4) is 0 Å². The number of likely N-dealkylation sites (N-methyl/N-ethyl adjacent to an activating group) is 1. The van der Waals surface area contributed by atoms with Crippen molar-refractivity contribution < 1.29 is 31.2 Å². The molecule has 0 unspecified atom stereocenters. The van der Waals surface area contributed by atoms with Gasteiger partial charge in [-0.15, -0.1) is 0 Å². The maximum absolute atomic E-state index is 13.3. The van der Waals surface area contributed by atoms with Crippen molar-refractivity contribution in [3.8, 4) is 0 Å². The van der Waals surface area contributed by atoms with Crippen LogP contribution in [0.25, 0.3) is 0 Å². The smallest absolute Gasteiger partial charge is 0.357 e. The summed E-state index contributed by atoms with van der Waals surface area (Å²) in [6.07, 6.45) is -3.89. The van der Waals surface area contributed by atoms with Crippen LogP contribution in [0, 0.1) is 6.92 Å². The summed E-state index contributed by atoms with van der Waals surface area (Å²) in [5.74, 6) is -1.21. The molecule has 0 saturated heterocycles. The van der Waals surface area contributed by atoms with Crippen LogP contribution in [-0.2, 0) is 32.3 Å². The van der Waals surface area contributed by atoms with Crippen LogP contribution in [0.2, 0.25) is 0 Å². The standard InChI is InChI=1S/C22H26F3N3O4S/c1-15-8-5-6-9-17(15)13-27(16(2)21(30)26-3)20(29)14-28(33(4,31)32)19-11-7-10-18(12-19)22(23,24)25/h5-12,16H,13-14H2,1-4H3,(H,26,30)/t16-/m0/s1. The van der Waals surface area contributed by atoms with E-state index in [4.69, 9.17) is 0 Å². The summed E-state index contributed by atoms with van der Waals surface area (Å²) < 4.78 is 64.9. The van der Waals surface area contributed by atoms with Crippen LogP contribution in [0.15, 0.2) is 48.5 Å². The maximum Gasteiger partial charge on any atom is 0.416 e. The van der Waals surface area contributed by atoms with Crippen LogP contribution < -0.4 is 9.62 Å². The molecular weight excluding hydrogens is 459 g/mol. The van der Waals surface area contributed by atoms with Gasteiger partial charge in [-0.05, 0) is 43.2 Å². The Hall–Kier alpha value is -3.08. The minimum Gasteiger partial charge on any atom is -0.357 e. The molecule has 180 valence electrons. The van der Waals surface area contributed by atoms with Crippen molar-refractivity contribution in [3.63, 3.8) is 0 Å². The zero-order valence-corrected chi connectivity index (χ0v) is 19.5. The van der Waals surface area contributed by atoms with Crippen molar-refractivity contribution in [2.45, 2.75) is 32.6 Å². The minimum absolute atomic E-state index is 0.0142. The van der Waals surface area contributed by atoms with Gasteiger partial charge in [-0.3, -0.25) is 13.9 Å². The molecule has 0 aliphatic rings. The topological polar surface area (TPSA) is 86.8 Å². The van der Waals surface area contributed by atoms with Gasteiger partial charge in [-0.1, -0.05) is 30.3 Å². The number of aryl methyl sites for hydroxylation is 1. The van der Waals surface area contributed by atoms with Crippen molar-refractivity contribution in [2.24, 2.45) is 0 Å². The van der Waals surface area contributed by atoms with E-state index in [1.165, 1.54) is 24.9 Å². The molecule has 2 aromatic carbocycles. The number of halogens is 3. The Morgan fingerprint density at radius 1 is 1.09 bits per heavy atom. The number of nitrogens with zero attached hydrogens (tertiary/aromatic N) is 2. The average Bonchev–Trinajstić information content (AvgIpc) is 2.74. The predicted octanol–water partition coefficient (Wildman–Crippen LogP) is 2.94. The fourth-order valence-electron chi connectivity index (χ4n) is 3.21. The lowest BCUT2D eigenvalue weighted by molar-refractivity contribution is -0.139. The predicted molar refractivity (Wildman–Crippen MR) is 119 cm³/mol. The Kier molecular flexibility index (Phi) is 8.12. The van der Waals surface area contributed by atoms with Crippen LogP contribution in [0.4, 0.5) is 18.9 Å². The number of rotatable bonds is 8. The zero-order chi connectivity index (χ0) is 25.0. The zero-order valence-electron chi connectivity index (χ0n) is 18.7. The van der Waals surface area contributed by atoms with Gasteiger partial charge in [-0.2, -0.15) is 13.2 Å². The fourth-order valence-corrected chi connectivity index (χ4v) is 4.06. The molecule has 0 aromatic heterocycles. The lowest BCUT2D eigenvalue weighted by Gasteiger charge is -2.31. The van der Waals surface area contributed by atoms with E-state index in [-0.39, 0.29) is 12.2 Å². The van der Waals surface area contributed by atoms with Gasteiger partial charge < -0.3 is 10.2 Å². The Morgan fingerprint density at radius 3 is 2.27 bits per heavy atom. The first-order chi connectivity index (χ1) is 15.3. The first kappa shape index (κ1) is 26.2. The Balaban J connectivity index is 2.45. The fraction of sp³-hybridized carbons (Fsp3) is 0.364. The molecule has 2 amide bonds. The number of carbonyl (C=O) groups is 2. The summed E-state index contributed by atoms with van der Waals surface area (Å²) in [4.78, 5) is 26.7. The van der Waals surface area contributed by atoms with Crippen molar-refractivity contribution in [1.29, 1.82) is 0 Å². The number of benzene rings is 2. The second-order valence-corrected chi connectivity index (χ2v) is 9.46. The summed E-state index contributed by atoms with van der Waals surface area (Å²) in [6, 6.07) is 9.95. The molecule has 0 spiro atoms. The molecule has 0 radical (unpaired) electrons. The molecule has 11 heteroatoms. The second kappa shape index (κ2) is 10.2. The SMILES string of the molecule is CNC(=O)[C@H](C)N(Cc1ccccc1C)C(=O)CN(c1cccc(C(F)(F)F)c1)S(C)(=O)=O. The summed E-state index contributed by atoms with van der Waals surface area (Å²) in [7, 11) is -2.72. The van der Waals surface area contributed by atoms with Crippen LogP contribution in [-0.4, -0.2) is 51.0 Å². The van der Waals surface area contributed by atoms with Crippen molar-refractivity contribution >= 4 is 27.5 Å². The molecule has 33 heavy (non-hydrogen) atoms. The lowest BCUT2D eigenvalue weighted by atomic mass is 10.1. The molecule has 0 aliphatic carbocycles. The van der Waals surface area contributed by atoms with E-state index in [0.717, 1.165) is 29.5 Å². The number of carbonyl (C=O) groups excluding carboxylic acids is 2. The van der Waals surface area contributed by atoms with E-state index in [0.29, 0.717) is 10.4 Å². The molecule has 0 saturated carbocycles. The quantitative estimate of drug-likeness (QED) is 0.623. The third-order valence-corrected chi connectivity index (χ3v) is 6.30. The molecule has 7 nitrogen and oxygen atoms in total. The van der Waals surface area contributed by atoms with Gasteiger partial charge in [0.2, 0.25) is 21.8 Å². The third-order valence-electron chi connectivity index (χ3n) is 5.16. The molecule has 0 heterocycles. The van der Waals surface area contributed by atoms with Crippen molar-refractivity contribution in [2.75, 3.05) is 24.2 Å². The Labute approximate surface area is 191 Å². The van der Waals surface area contributed by atoms with E-state index in [9.17, 15) is 31.2 Å². The second-order valence-electron chi connectivity index (χ2n) is 7.56. The highest BCUT2D eigenvalue weighted by Gasteiger charge is 2.33. The molecule has 2 rings (SSSR count). The van der Waals surface area contributed by atoms with Crippen LogP contribution in [0.1, 0.15) is 23.6 Å². The number of alkyl halides is 3. The maximum atomic E-state index is 13.3. The van der Waals surface area contributed by atoms with Gasteiger partial charge in [-0.25, -0.2) is 8.42 Å². The largest absolute Gasteiger partial charge is 0.416 e. The normalized spacial score (nSPS) is 12.7. The summed E-state index contributed by atoms with van der Waals surface area (Å²) >= 11 is 0. The summed E-state index contributed by atoms with van der Waals surface area (Å²) in [5, 5.41) is 2.45. The third kappa shape index (κ3) is 6.70. The number of sulfonamides is 1. The highest BCUT2D eigenvalue weighted by Crippen LogP contribution is 2.32. The highest BCUT2D eigenvalue weighted by molar-refractivity contribution is 7.92. The van der Waals surface area contributed by atoms with Crippen LogP contribution in [0.5, 0.6) is 0 Å². The molecule has 1 atom stereocenters. The molecule has 0 fully saturated rings. The Bertz CT molecular complexity index is 1120. The highest BCUT2D eigenvalue weighted by atomic mass is 32.2. The van der Waals surface area contributed by atoms with Crippen molar-refractivity contribution in [3.05, 3.63) is 65.2 Å². The number of nitrogens with one attached hydrogen (secondary N) is 1. The van der Waals surface area contributed by atoms with Crippen LogP contribution >= 0.6 is 0 Å². The summed E-state index contributed by atoms with van der Waals surface area (Å²) in [5.41, 5.74) is 0.254. The molecule has 1 N–H and O–H groups in total. The average molecular weight is 486 g/mol. The van der Waals surface area contributed by atoms with E-state index in [1.807, 2.05) is 19.1 Å². The number of amides is 2. The summed E-state index contributed by atoms with van der Waals surface area (Å²) in [6.45, 7) is 2.56. The van der Waals surface area contributed by atoms with Gasteiger partial charge in [0.1, 0.15) is 12.6 Å². The van der Waals surface area contributed by atoms with E-state index in [1.54, 1.807) is 12.1 Å². The van der Waals surface area contributed by atoms with Gasteiger partial charge in [0.05, 0.1) is 17.5 Å². The van der Waals surface area contributed by atoms with Gasteiger partial charge in [0.25, 0.3) is 0 Å². The first-order valence-corrected chi connectivity index (χ1v) is 11.8. The lowest BCUT2D eigenvalue weighted by Crippen LogP contribution is -2.50. The number of hydrogen-bond acceptors (Lipinski definition) is 4. The van der Waals surface area contributed by atoms with E-state index in [2.05, 4.69) is 5.32 Å². The Morgan fingerprint density at radius 2 is 1.73 bits per heavy atom. The molecule has 2 aromatic rings. The van der Waals surface area contributed by atoms with Crippen molar-refractivity contribution in [1.82, 2.24) is 10.2 Å². The van der Waals surface area contributed by atoms with Gasteiger partial charge in [0, 0.05) is 13.6 Å². The molecule has 0 bridgehead atoms. The first-order valence-electron chi connectivity index (χ1n) is 9.96. The number of hydrogen-bond donors (Lipinski definition) is 1. The number of anilines is 1. The minimum atomic E-state index is -4.69.